The van der Waals surface area contributed by atoms with Gasteiger partial charge in [0.15, 0.2) is 5.41 Å². The Labute approximate surface area is 191 Å². The van der Waals surface area contributed by atoms with Gasteiger partial charge in [-0.05, 0) is 49.6 Å². The summed E-state index contributed by atoms with van der Waals surface area (Å²) in [5.74, 6) is 0.759. The first-order valence-corrected chi connectivity index (χ1v) is 9.63. The monoisotopic (exact) mass is 446 g/mol. The molecule has 5 nitrogen and oxygen atoms in total. The molecule has 0 saturated carbocycles. The van der Waals surface area contributed by atoms with E-state index in [-0.39, 0.29) is 30.9 Å². The van der Waals surface area contributed by atoms with Crippen molar-refractivity contribution in [3.05, 3.63) is 65.2 Å². The highest BCUT2D eigenvalue weighted by Gasteiger charge is 2.28. The summed E-state index contributed by atoms with van der Waals surface area (Å²) in [6.45, 7) is 3.27. The Balaban J connectivity index is 0.00000225. The molecular weight excluding hydrogens is 419 g/mol. The summed E-state index contributed by atoms with van der Waals surface area (Å²) in [7, 11) is 1.64. The highest BCUT2D eigenvalue weighted by atomic mass is 35.5. The zero-order valence-corrected chi connectivity index (χ0v) is 18.9. The number of nitriles is 2. The molecule has 30 heavy (non-hydrogen) atoms. The van der Waals surface area contributed by atoms with Gasteiger partial charge in [-0.1, -0.05) is 36.4 Å². The standard InChI is InChI=1S/C23H26N4O.2ClH/c1-23(15-24,16-25)19-10-11-21(28-2)18(13-19)14-27-20-9-6-12-26-22(20)17-7-4-3-5-8-17;;/h3-5,7-8,10-11,13,20,22,26-27H,6,9,12,14H2,1-2H3;2*1H/t20-,22-;;/m0../s1. The Morgan fingerprint density at radius 1 is 1.13 bits per heavy atom. The number of halogens is 2. The third kappa shape index (κ3) is 5.65. The molecule has 2 aromatic rings. The van der Waals surface area contributed by atoms with E-state index in [1.807, 2.05) is 18.2 Å². The van der Waals surface area contributed by atoms with Gasteiger partial charge in [0, 0.05) is 24.2 Å². The van der Waals surface area contributed by atoms with Gasteiger partial charge in [0.1, 0.15) is 5.75 Å². The predicted octanol–water partition coefficient (Wildman–Crippen LogP) is 4.43. The van der Waals surface area contributed by atoms with E-state index in [1.54, 1.807) is 20.1 Å². The van der Waals surface area contributed by atoms with Crippen LogP contribution in [0.1, 0.15) is 42.5 Å². The van der Waals surface area contributed by atoms with Crippen molar-refractivity contribution in [2.24, 2.45) is 0 Å². The zero-order chi connectivity index (χ0) is 20.0. The maximum Gasteiger partial charge on any atom is 0.165 e. The van der Waals surface area contributed by atoms with Crippen molar-refractivity contribution in [2.75, 3.05) is 13.7 Å². The normalized spacial score (nSPS) is 18.1. The van der Waals surface area contributed by atoms with Gasteiger partial charge in [-0.15, -0.1) is 24.8 Å². The van der Waals surface area contributed by atoms with Crippen molar-refractivity contribution >= 4 is 24.8 Å². The highest BCUT2D eigenvalue weighted by Crippen LogP contribution is 2.29. The molecule has 2 atom stereocenters. The van der Waals surface area contributed by atoms with Gasteiger partial charge in [0.25, 0.3) is 0 Å². The molecule has 1 saturated heterocycles. The summed E-state index contributed by atoms with van der Waals surface area (Å²) in [4.78, 5) is 0. The van der Waals surface area contributed by atoms with E-state index >= 15 is 0 Å². The zero-order valence-electron chi connectivity index (χ0n) is 17.2. The van der Waals surface area contributed by atoms with Crippen LogP contribution in [0.15, 0.2) is 48.5 Å². The van der Waals surface area contributed by atoms with Gasteiger partial charge in [-0.25, -0.2) is 0 Å². The molecule has 1 fully saturated rings. The molecule has 1 aliphatic rings. The largest absolute Gasteiger partial charge is 0.496 e. The van der Waals surface area contributed by atoms with Gasteiger partial charge in [-0.2, -0.15) is 10.5 Å². The number of ether oxygens (including phenoxy) is 1. The van der Waals surface area contributed by atoms with E-state index in [9.17, 15) is 10.5 Å². The lowest BCUT2D eigenvalue weighted by Crippen LogP contribution is -2.45. The fourth-order valence-electron chi connectivity index (χ4n) is 3.74. The van der Waals surface area contributed by atoms with Crippen LogP contribution >= 0.6 is 24.8 Å². The summed E-state index contributed by atoms with van der Waals surface area (Å²) >= 11 is 0. The second kappa shape index (κ2) is 11.8. The summed E-state index contributed by atoms with van der Waals surface area (Å²) in [6.07, 6.45) is 2.21. The lowest BCUT2D eigenvalue weighted by molar-refractivity contribution is 0.303. The number of hydrogen-bond donors (Lipinski definition) is 2. The molecule has 0 bridgehead atoms. The van der Waals surface area contributed by atoms with Crippen molar-refractivity contribution in [1.82, 2.24) is 10.6 Å². The quantitative estimate of drug-likeness (QED) is 0.685. The van der Waals surface area contributed by atoms with E-state index in [2.05, 4.69) is 47.0 Å². The minimum absolute atomic E-state index is 0. The third-order valence-corrected chi connectivity index (χ3v) is 5.48. The van der Waals surface area contributed by atoms with Crippen LogP contribution in [0.4, 0.5) is 0 Å². The number of rotatable bonds is 6. The van der Waals surface area contributed by atoms with Gasteiger partial charge >= 0.3 is 0 Å². The Kier molecular flexibility index (Phi) is 10.1. The second-order valence-electron chi connectivity index (χ2n) is 7.35. The number of benzene rings is 2. The number of methoxy groups -OCH3 is 1. The Bertz CT molecular complexity index is 878. The molecular formula is C23H28Cl2N4O. The first-order chi connectivity index (χ1) is 13.6. The molecule has 160 valence electrons. The average Bonchev–Trinajstić information content (AvgIpc) is 2.77. The molecule has 3 rings (SSSR count). The molecule has 0 aliphatic carbocycles. The minimum atomic E-state index is -1.17. The highest BCUT2D eigenvalue weighted by molar-refractivity contribution is 5.85. The number of nitrogens with zero attached hydrogens (tertiary/aromatic N) is 2. The smallest absolute Gasteiger partial charge is 0.165 e. The van der Waals surface area contributed by atoms with E-state index < -0.39 is 5.41 Å². The van der Waals surface area contributed by atoms with Crippen molar-refractivity contribution in [2.45, 2.75) is 43.8 Å². The van der Waals surface area contributed by atoms with Crippen LogP contribution in [0.5, 0.6) is 5.75 Å². The number of piperidine rings is 1. The fourth-order valence-corrected chi connectivity index (χ4v) is 3.74. The molecule has 0 aromatic heterocycles. The molecule has 2 aromatic carbocycles. The predicted molar refractivity (Wildman–Crippen MR) is 123 cm³/mol. The molecule has 2 N–H and O–H groups in total. The molecule has 0 spiro atoms. The van der Waals surface area contributed by atoms with Crippen molar-refractivity contribution in [3.8, 4) is 17.9 Å². The maximum absolute atomic E-state index is 9.42. The average molecular weight is 447 g/mol. The second-order valence-corrected chi connectivity index (χ2v) is 7.35. The molecule has 7 heteroatoms. The minimum Gasteiger partial charge on any atom is -0.496 e. The summed E-state index contributed by atoms with van der Waals surface area (Å²) in [5, 5.41) is 26.1. The number of hydrogen-bond acceptors (Lipinski definition) is 5. The van der Waals surface area contributed by atoms with Crippen molar-refractivity contribution in [1.29, 1.82) is 10.5 Å². The maximum atomic E-state index is 9.42. The van der Waals surface area contributed by atoms with E-state index in [4.69, 9.17) is 4.74 Å². The van der Waals surface area contributed by atoms with E-state index in [0.717, 1.165) is 30.7 Å². The van der Waals surface area contributed by atoms with E-state index in [0.29, 0.717) is 18.2 Å². The fraction of sp³-hybridized carbons (Fsp3) is 0.391. The summed E-state index contributed by atoms with van der Waals surface area (Å²) < 4.78 is 5.51. The van der Waals surface area contributed by atoms with Crippen LogP contribution in [0, 0.1) is 22.7 Å². The lowest BCUT2D eigenvalue weighted by atomic mass is 9.84. The topological polar surface area (TPSA) is 80.9 Å². The first-order valence-electron chi connectivity index (χ1n) is 9.63. The first kappa shape index (κ1) is 25.8. The molecule has 1 heterocycles. The van der Waals surface area contributed by atoms with Crippen LogP contribution < -0.4 is 15.4 Å². The van der Waals surface area contributed by atoms with Gasteiger partial charge < -0.3 is 15.4 Å². The third-order valence-electron chi connectivity index (χ3n) is 5.48. The van der Waals surface area contributed by atoms with Gasteiger partial charge in [-0.3, -0.25) is 0 Å². The van der Waals surface area contributed by atoms with Gasteiger partial charge in [0.05, 0.1) is 19.2 Å². The Morgan fingerprint density at radius 2 is 1.83 bits per heavy atom. The summed E-state index contributed by atoms with van der Waals surface area (Å²) in [6, 6.07) is 20.8. The van der Waals surface area contributed by atoms with Crippen LogP contribution in [0.25, 0.3) is 0 Å². The van der Waals surface area contributed by atoms with Gasteiger partial charge in [0.2, 0.25) is 0 Å². The van der Waals surface area contributed by atoms with Crippen molar-refractivity contribution in [3.63, 3.8) is 0 Å². The Hall–Kier alpha value is -2.28. The SMILES string of the molecule is COc1ccc(C(C)(C#N)C#N)cc1CN[C@H]1CCCN[C@H]1c1ccccc1.Cl.Cl. The molecule has 0 amide bonds. The lowest BCUT2D eigenvalue weighted by Gasteiger charge is -2.34. The van der Waals surface area contributed by atoms with Crippen LogP contribution in [-0.2, 0) is 12.0 Å². The van der Waals surface area contributed by atoms with Crippen molar-refractivity contribution < 1.29 is 4.74 Å². The molecule has 1 aliphatic heterocycles. The van der Waals surface area contributed by atoms with E-state index in [1.165, 1.54) is 5.56 Å². The Morgan fingerprint density at radius 3 is 2.47 bits per heavy atom. The number of nitrogens with one attached hydrogen (secondary N) is 2. The molecule has 0 unspecified atom stereocenters. The summed E-state index contributed by atoms with van der Waals surface area (Å²) in [5.41, 5.74) is 1.76. The molecule has 0 radical (unpaired) electrons. The van der Waals surface area contributed by atoms with Crippen LogP contribution in [0.3, 0.4) is 0 Å². The van der Waals surface area contributed by atoms with Crippen LogP contribution in [-0.4, -0.2) is 19.7 Å². The van der Waals surface area contributed by atoms with Crippen LogP contribution in [0.2, 0.25) is 0 Å².